The molecule has 0 amide bonds. The molecule has 0 fully saturated rings. The lowest BCUT2D eigenvalue weighted by Gasteiger charge is -2.10. The van der Waals surface area contributed by atoms with E-state index >= 15 is 0 Å². The van der Waals surface area contributed by atoms with E-state index < -0.39 is 5.97 Å². The summed E-state index contributed by atoms with van der Waals surface area (Å²) in [5.41, 5.74) is 0.700. The summed E-state index contributed by atoms with van der Waals surface area (Å²) in [6, 6.07) is 6.51. The first-order valence-electron chi connectivity index (χ1n) is 5.14. The van der Waals surface area contributed by atoms with Gasteiger partial charge in [-0.05, 0) is 44.0 Å². The lowest BCUT2D eigenvalue weighted by Crippen LogP contribution is -1.94. The third-order valence-corrected chi connectivity index (χ3v) is 3.59. The maximum atomic E-state index is 10.7. The van der Waals surface area contributed by atoms with E-state index in [1.807, 2.05) is 6.07 Å². The van der Waals surface area contributed by atoms with Gasteiger partial charge in [0.2, 0.25) is 5.76 Å². The first-order valence-corrected chi connectivity index (χ1v) is 6.73. The number of benzene rings is 1. The first kappa shape index (κ1) is 14.0. The molecule has 2 rings (SSSR count). The van der Waals surface area contributed by atoms with Crippen molar-refractivity contribution in [2.45, 2.75) is 0 Å². The fourth-order valence-corrected chi connectivity index (χ4v) is 2.69. The number of carboxylic acid groups (broad SMARTS) is 1. The highest BCUT2D eigenvalue weighted by molar-refractivity contribution is 9.11. The summed E-state index contributed by atoms with van der Waals surface area (Å²) in [6.45, 7) is 0. The largest absolute Gasteiger partial charge is 0.495 e. The lowest BCUT2D eigenvalue weighted by atomic mass is 10.3. The minimum absolute atomic E-state index is 0.123. The number of nitrogens with one attached hydrogen (secondary N) is 1. The molecule has 0 unspecified atom stereocenters. The molecule has 0 atom stereocenters. The van der Waals surface area contributed by atoms with E-state index in [9.17, 15) is 4.79 Å². The van der Waals surface area contributed by atoms with E-state index in [0.29, 0.717) is 17.3 Å². The zero-order chi connectivity index (χ0) is 14.0. The summed E-state index contributed by atoms with van der Waals surface area (Å²) in [7, 11) is 1.56. The van der Waals surface area contributed by atoms with Crippen LogP contribution >= 0.6 is 31.9 Å². The van der Waals surface area contributed by atoms with Crippen molar-refractivity contribution in [3.05, 3.63) is 39.0 Å². The minimum atomic E-state index is -1.11. The fourth-order valence-electron chi connectivity index (χ4n) is 1.43. The molecule has 0 bridgehead atoms. The van der Waals surface area contributed by atoms with Gasteiger partial charge in [0.1, 0.15) is 5.75 Å². The Labute approximate surface area is 125 Å². The number of methoxy groups -OCH3 is 1. The molecule has 1 heterocycles. The van der Waals surface area contributed by atoms with Crippen molar-refractivity contribution >= 4 is 49.4 Å². The zero-order valence-corrected chi connectivity index (χ0v) is 12.9. The number of hydrogen-bond donors (Lipinski definition) is 2. The number of hydrogen-bond acceptors (Lipinski definition) is 4. The van der Waals surface area contributed by atoms with E-state index in [4.69, 9.17) is 14.3 Å². The number of carboxylic acids is 1. The molecule has 0 aliphatic rings. The molecule has 0 radical (unpaired) electrons. The van der Waals surface area contributed by atoms with E-state index in [0.717, 1.165) is 8.95 Å². The molecular formula is C12H9Br2NO4. The second-order valence-corrected chi connectivity index (χ2v) is 5.27. The van der Waals surface area contributed by atoms with Crippen LogP contribution in [0.2, 0.25) is 0 Å². The predicted molar refractivity (Wildman–Crippen MR) is 77.3 cm³/mol. The second-order valence-electron chi connectivity index (χ2n) is 3.56. The van der Waals surface area contributed by atoms with Gasteiger partial charge in [0.15, 0.2) is 5.88 Å². The number of carbonyl (C=O) groups is 1. The molecule has 100 valence electrons. The Morgan fingerprint density at radius 3 is 2.63 bits per heavy atom. The van der Waals surface area contributed by atoms with E-state index in [1.165, 1.54) is 6.07 Å². The lowest BCUT2D eigenvalue weighted by molar-refractivity contribution is 0.0663. The normalized spacial score (nSPS) is 10.3. The van der Waals surface area contributed by atoms with Crippen molar-refractivity contribution in [1.29, 1.82) is 0 Å². The van der Waals surface area contributed by atoms with Crippen LogP contribution in [0.15, 0.2) is 37.6 Å². The molecule has 7 heteroatoms. The standard InChI is InChI=1S/C12H9Br2NO4/c1-18-10-5-8(6(13)4-7(10)14)15-11-3-2-9(19-11)12(16)17/h2-5,15H,1H3,(H,16,17). The van der Waals surface area contributed by atoms with Crippen LogP contribution in [0.3, 0.4) is 0 Å². The summed E-state index contributed by atoms with van der Waals surface area (Å²) in [6.07, 6.45) is 0. The Hall–Kier alpha value is -1.47. The number of rotatable bonds is 4. The fraction of sp³-hybridized carbons (Fsp3) is 0.0833. The predicted octanol–water partition coefficient (Wildman–Crippen LogP) is 4.26. The monoisotopic (exact) mass is 389 g/mol. The van der Waals surface area contributed by atoms with Gasteiger partial charge in [0.05, 0.1) is 17.3 Å². The Kier molecular flexibility index (Phi) is 4.16. The molecule has 1 aromatic carbocycles. The molecule has 5 nitrogen and oxygen atoms in total. The third-order valence-electron chi connectivity index (χ3n) is 2.32. The van der Waals surface area contributed by atoms with Crippen molar-refractivity contribution < 1.29 is 19.1 Å². The van der Waals surface area contributed by atoms with Gasteiger partial charge in [-0.15, -0.1) is 0 Å². The maximum absolute atomic E-state index is 10.7. The quantitative estimate of drug-likeness (QED) is 0.816. The minimum Gasteiger partial charge on any atom is -0.495 e. The molecular weight excluding hydrogens is 382 g/mol. The number of anilines is 2. The van der Waals surface area contributed by atoms with Crippen molar-refractivity contribution in [2.75, 3.05) is 12.4 Å². The van der Waals surface area contributed by atoms with Crippen LogP contribution < -0.4 is 10.1 Å². The van der Waals surface area contributed by atoms with Gasteiger partial charge >= 0.3 is 5.97 Å². The summed E-state index contributed by atoms with van der Waals surface area (Å²) < 4.78 is 11.9. The van der Waals surface area contributed by atoms with Crippen LogP contribution in [-0.2, 0) is 0 Å². The average molecular weight is 391 g/mol. The molecule has 0 saturated carbocycles. The van der Waals surface area contributed by atoms with Gasteiger partial charge < -0.3 is 19.6 Å². The van der Waals surface area contributed by atoms with Crippen LogP contribution in [0, 0.1) is 0 Å². The van der Waals surface area contributed by atoms with Crippen LogP contribution in [0.4, 0.5) is 11.6 Å². The van der Waals surface area contributed by atoms with Gasteiger partial charge in [-0.25, -0.2) is 4.79 Å². The van der Waals surface area contributed by atoms with Crippen molar-refractivity contribution in [3.63, 3.8) is 0 Å². The number of ether oxygens (including phenoxy) is 1. The third kappa shape index (κ3) is 3.10. The van der Waals surface area contributed by atoms with Crippen molar-refractivity contribution in [3.8, 4) is 5.75 Å². The molecule has 2 aromatic rings. The van der Waals surface area contributed by atoms with E-state index in [2.05, 4.69) is 37.2 Å². The molecule has 0 spiro atoms. The van der Waals surface area contributed by atoms with Gasteiger partial charge in [0, 0.05) is 16.6 Å². The first-order chi connectivity index (χ1) is 9.01. The van der Waals surface area contributed by atoms with Gasteiger partial charge in [0.25, 0.3) is 0 Å². The Balaban J connectivity index is 2.29. The molecule has 0 aliphatic carbocycles. The highest BCUT2D eigenvalue weighted by Gasteiger charge is 2.12. The summed E-state index contributed by atoms with van der Waals surface area (Å²) in [5.74, 6) is -0.249. The van der Waals surface area contributed by atoms with Crippen LogP contribution in [0.1, 0.15) is 10.6 Å². The SMILES string of the molecule is COc1cc(Nc2ccc(C(=O)O)o2)c(Br)cc1Br. The smallest absolute Gasteiger partial charge is 0.371 e. The maximum Gasteiger partial charge on any atom is 0.371 e. The topological polar surface area (TPSA) is 71.7 Å². The highest BCUT2D eigenvalue weighted by Crippen LogP contribution is 2.36. The number of furan rings is 1. The molecule has 0 aliphatic heterocycles. The van der Waals surface area contributed by atoms with Crippen LogP contribution in [-0.4, -0.2) is 18.2 Å². The highest BCUT2D eigenvalue weighted by atomic mass is 79.9. The van der Waals surface area contributed by atoms with E-state index in [1.54, 1.807) is 19.2 Å². The number of aromatic carboxylic acids is 1. The molecule has 1 aromatic heterocycles. The van der Waals surface area contributed by atoms with Crippen LogP contribution in [0.25, 0.3) is 0 Å². The van der Waals surface area contributed by atoms with Crippen molar-refractivity contribution in [1.82, 2.24) is 0 Å². The zero-order valence-electron chi connectivity index (χ0n) is 9.74. The number of halogens is 2. The average Bonchev–Trinajstić information content (AvgIpc) is 2.81. The Morgan fingerprint density at radius 1 is 1.32 bits per heavy atom. The molecule has 19 heavy (non-hydrogen) atoms. The van der Waals surface area contributed by atoms with E-state index in [-0.39, 0.29) is 5.76 Å². The molecule has 2 N–H and O–H groups in total. The van der Waals surface area contributed by atoms with Gasteiger partial charge in [-0.3, -0.25) is 0 Å². The summed E-state index contributed by atoms with van der Waals surface area (Å²) in [4.78, 5) is 10.7. The summed E-state index contributed by atoms with van der Waals surface area (Å²) >= 11 is 6.76. The van der Waals surface area contributed by atoms with Gasteiger partial charge in [-0.1, -0.05) is 0 Å². The van der Waals surface area contributed by atoms with Gasteiger partial charge in [-0.2, -0.15) is 0 Å². The van der Waals surface area contributed by atoms with Crippen molar-refractivity contribution in [2.24, 2.45) is 0 Å². The molecule has 0 saturated heterocycles. The Bertz CT molecular complexity index is 624. The van der Waals surface area contributed by atoms with Crippen LogP contribution in [0.5, 0.6) is 5.75 Å². The Morgan fingerprint density at radius 2 is 2.05 bits per heavy atom. The summed E-state index contributed by atoms with van der Waals surface area (Å²) in [5, 5.41) is 11.8. The second kappa shape index (κ2) is 5.66.